The standard InChI is InChI=1S/C30H31F3N4O2/c1-36-17-19-37(20-18-36)24-13-7-21(8-14-24)27(38)35-29(15-4-16-29)22-9-11-23(12-10-22)34-28(39)25-5-2-3-6-26(25)30(31,32)33/h2-3,5-14H,4,15-20H2,1H3,(H,34,39)(H,35,38). The summed E-state index contributed by atoms with van der Waals surface area (Å²) in [5.74, 6) is -0.983. The molecule has 0 atom stereocenters. The molecule has 3 aromatic rings. The number of rotatable bonds is 6. The summed E-state index contributed by atoms with van der Waals surface area (Å²) in [6.45, 7) is 3.93. The molecule has 1 saturated heterocycles. The van der Waals surface area contributed by atoms with E-state index in [0.717, 1.165) is 68.8 Å². The number of hydrogen-bond donors (Lipinski definition) is 2. The fourth-order valence-electron chi connectivity index (χ4n) is 5.19. The topological polar surface area (TPSA) is 64.7 Å². The molecule has 6 nitrogen and oxygen atoms in total. The zero-order valence-electron chi connectivity index (χ0n) is 21.7. The molecule has 2 fully saturated rings. The van der Waals surface area contributed by atoms with Crippen LogP contribution in [0.5, 0.6) is 0 Å². The summed E-state index contributed by atoms with van der Waals surface area (Å²) in [5, 5.41) is 5.76. The highest BCUT2D eigenvalue weighted by Gasteiger charge is 2.40. The summed E-state index contributed by atoms with van der Waals surface area (Å²) >= 11 is 0. The van der Waals surface area contributed by atoms with Gasteiger partial charge in [0.1, 0.15) is 0 Å². The molecule has 1 heterocycles. The average molecular weight is 537 g/mol. The lowest BCUT2D eigenvalue weighted by Gasteiger charge is -2.43. The van der Waals surface area contributed by atoms with Crippen molar-refractivity contribution in [2.45, 2.75) is 31.0 Å². The highest BCUT2D eigenvalue weighted by atomic mass is 19.4. The van der Waals surface area contributed by atoms with Crippen LogP contribution in [-0.2, 0) is 11.7 Å². The first-order valence-electron chi connectivity index (χ1n) is 13.1. The van der Waals surface area contributed by atoms with Crippen molar-refractivity contribution < 1.29 is 22.8 Å². The summed E-state index contributed by atoms with van der Waals surface area (Å²) in [6, 6.07) is 19.3. The van der Waals surface area contributed by atoms with E-state index in [9.17, 15) is 22.8 Å². The van der Waals surface area contributed by atoms with Crippen molar-refractivity contribution in [3.63, 3.8) is 0 Å². The van der Waals surface area contributed by atoms with Gasteiger partial charge in [0.15, 0.2) is 0 Å². The summed E-state index contributed by atoms with van der Waals surface area (Å²) in [5.41, 5.74) is 1.03. The number of carbonyl (C=O) groups excluding carboxylic acids is 2. The monoisotopic (exact) mass is 536 g/mol. The van der Waals surface area contributed by atoms with E-state index >= 15 is 0 Å². The van der Waals surface area contributed by atoms with Gasteiger partial charge >= 0.3 is 6.18 Å². The highest BCUT2D eigenvalue weighted by Crippen LogP contribution is 2.42. The molecule has 2 aliphatic rings. The molecule has 204 valence electrons. The van der Waals surface area contributed by atoms with Gasteiger partial charge in [-0.15, -0.1) is 0 Å². The lowest BCUT2D eigenvalue weighted by Crippen LogP contribution is -2.50. The molecular weight excluding hydrogens is 505 g/mol. The lowest BCUT2D eigenvalue weighted by molar-refractivity contribution is -0.137. The Bertz CT molecular complexity index is 1330. The Kier molecular flexibility index (Phi) is 7.36. The second-order valence-corrected chi connectivity index (χ2v) is 10.3. The minimum Gasteiger partial charge on any atom is -0.369 e. The van der Waals surface area contributed by atoms with E-state index in [-0.39, 0.29) is 5.91 Å². The Balaban J connectivity index is 1.25. The van der Waals surface area contributed by atoms with Gasteiger partial charge in [-0.2, -0.15) is 13.2 Å². The minimum atomic E-state index is -4.63. The van der Waals surface area contributed by atoms with Gasteiger partial charge in [0.25, 0.3) is 11.8 Å². The average Bonchev–Trinajstić information content (AvgIpc) is 2.91. The second-order valence-electron chi connectivity index (χ2n) is 10.3. The van der Waals surface area contributed by atoms with Crippen molar-refractivity contribution in [1.82, 2.24) is 10.2 Å². The molecule has 0 spiro atoms. The molecule has 0 aromatic heterocycles. The van der Waals surface area contributed by atoms with Gasteiger partial charge in [0.05, 0.1) is 16.7 Å². The number of carbonyl (C=O) groups is 2. The molecule has 1 saturated carbocycles. The Morgan fingerprint density at radius 2 is 1.46 bits per heavy atom. The highest BCUT2D eigenvalue weighted by molar-refractivity contribution is 6.05. The van der Waals surface area contributed by atoms with Gasteiger partial charge in [-0.25, -0.2) is 0 Å². The van der Waals surface area contributed by atoms with Crippen molar-refractivity contribution in [1.29, 1.82) is 0 Å². The number of nitrogens with one attached hydrogen (secondary N) is 2. The van der Waals surface area contributed by atoms with Crippen LogP contribution < -0.4 is 15.5 Å². The van der Waals surface area contributed by atoms with Crippen molar-refractivity contribution >= 4 is 23.2 Å². The first kappa shape index (κ1) is 26.7. The Labute approximate surface area is 225 Å². The lowest BCUT2D eigenvalue weighted by atomic mass is 9.71. The largest absolute Gasteiger partial charge is 0.417 e. The van der Waals surface area contributed by atoms with Gasteiger partial charge < -0.3 is 20.4 Å². The van der Waals surface area contributed by atoms with Crippen LogP contribution in [0.15, 0.2) is 72.8 Å². The van der Waals surface area contributed by atoms with Gasteiger partial charge in [-0.05, 0) is 80.4 Å². The molecule has 0 unspecified atom stereocenters. The predicted molar refractivity (Wildman–Crippen MR) is 145 cm³/mol. The normalized spacial score (nSPS) is 17.3. The van der Waals surface area contributed by atoms with E-state index in [1.807, 2.05) is 24.3 Å². The van der Waals surface area contributed by atoms with Crippen molar-refractivity contribution in [3.05, 3.63) is 95.1 Å². The van der Waals surface area contributed by atoms with Gasteiger partial charge in [-0.1, -0.05) is 24.3 Å². The number of halogens is 3. The number of benzene rings is 3. The third kappa shape index (κ3) is 5.78. The molecule has 3 aromatic carbocycles. The van der Waals surface area contributed by atoms with E-state index in [0.29, 0.717) is 11.3 Å². The summed E-state index contributed by atoms with van der Waals surface area (Å²) < 4.78 is 39.9. The molecule has 2 amide bonds. The fourth-order valence-corrected chi connectivity index (χ4v) is 5.19. The quantitative estimate of drug-likeness (QED) is 0.436. The molecule has 5 rings (SSSR count). The molecular formula is C30H31F3N4O2. The summed E-state index contributed by atoms with van der Waals surface area (Å²) in [6.07, 6.45) is -2.10. The first-order valence-corrected chi connectivity index (χ1v) is 13.1. The Hall–Kier alpha value is -3.85. The van der Waals surface area contributed by atoms with Gasteiger partial charge in [0.2, 0.25) is 0 Å². The molecule has 1 aliphatic heterocycles. The predicted octanol–water partition coefficient (Wildman–Crippen LogP) is 5.52. The van der Waals surface area contributed by atoms with E-state index in [1.165, 1.54) is 12.1 Å². The molecule has 0 bridgehead atoms. The van der Waals surface area contributed by atoms with Crippen LogP contribution in [0.1, 0.15) is 51.1 Å². The van der Waals surface area contributed by atoms with Crippen LogP contribution in [0.3, 0.4) is 0 Å². The number of amides is 2. The van der Waals surface area contributed by atoms with Crippen molar-refractivity contribution in [2.75, 3.05) is 43.4 Å². The maximum atomic E-state index is 13.3. The maximum absolute atomic E-state index is 13.3. The Morgan fingerprint density at radius 3 is 2.05 bits per heavy atom. The number of alkyl halides is 3. The minimum absolute atomic E-state index is 0.152. The van der Waals surface area contributed by atoms with Crippen LogP contribution in [0.4, 0.5) is 24.5 Å². The van der Waals surface area contributed by atoms with Gasteiger partial charge in [0, 0.05) is 43.1 Å². The molecule has 1 aliphatic carbocycles. The Morgan fingerprint density at radius 1 is 0.821 bits per heavy atom. The molecule has 39 heavy (non-hydrogen) atoms. The number of piperazine rings is 1. The number of hydrogen-bond acceptors (Lipinski definition) is 4. The third-order valence-electron chi connectivity index (χ3n) is 7.73. The van der Waals surface area contributed by atoms with E-state index in [4.69, 9.17) is 0 Å². The number of likely N-dealkylation sites (N-methyl/N-ethyl adjacent to an activating group) is 1. The second kappa shape index (κ2) is 10.7. The first-order chi connectivity index (χ1) is 18.6. The van der Waals surface area contributed by atoms with Crippen LogP contribution >= 0.6 is 0 Å². The molecule has 0 radical (unpaired) electrons. The SMILES string of the molecule is CN1CCN(c2ccc(C(=O)NC3(c4ccc(NC(=O)c5ccccc5C(F)(F)F)cc4)CCC3)cc2)CC1. The van der Waals surface area contributed by atoms with Gasteiger partial charge in [-0.3, -0.25) is 9.59 Å². The van der Waals surface area contributed by atoms with Crippen LogP contribution in [0.25, 0.3) is 0 Å². The summed E-state index contributed by atoms with van der Waals surface area (Å²) in [7, 11) is 2.11. The van der Waals surface area contributed by atoms with Crippen LogP contribution in [-0.4, -0.2) is 49.9 Å². The number of anilines is 2. The fraction of sp³-hybridized carbons (Fsp3) is 0.333. The summed E-state index contributed by atoms with van der Waals surface area (Å²) in [4.78, 5) is 30.4. The van der Waals surface area contributed by atoms with Crippen LogP contribution in [0.2, 0.25) is 0 Å². The maximum Gasteiger partial charge on any atom is 0.417 e. The zero-order valence-corrected chi connectivity index (χ0v) is 21.7. The third-order valence-corrected chi connectivity index (χ3v) is 7.73. The zero-order chi connectivity index (χ0) is 27.6. The van der Waals surface area contributed by atoms with Crippen molar-refractivity contribution in [2.24, 2.45) is 0 Å². The van der Waals surface area contributed by atoms with E-state index in [2.05, 4.69) is 27.5 Å². The van der Waals surface area contributed by atoms with Crippen molar-refractivity contribution in [3.8, 4) is 0 Å². The number of nitrogens with zero attached hydrogens (tertiary/aromatic N) is 2. The van der Waals surface area contributed by atoms with E-state index < -0.39 is 28.7 Å². The molecule has 2 N–H and O–H groups in total. The van der Waals surface area contributed by atoms with E-state index in [1.54, 1.807) is 24.3 Å². The van der Waals surface area contributed by atoms with Crippen LogP contribution in [0, 0.1) is 0 Å². The smallest absolute Gasteiger partial charge is 0.369 e. The molecule has 9 heteroatoms.